The van der Waals surface area contributed by atoms with Gasteiger partial charge in [-0.15, -0.1) is 0 Å². The van der Waals surface area contributed by atoms with Gasteiger partial charge in [-0.3, -0.25) is 9.78 Å². The van der Waals surface area contributed by atoms with Gasteiger partial charge in [0.25, 0.3) is 0 Å². The molecule has 1 unspecified atom stereocenters. The molecule has 0 spiro atoms. The lowest BCUT2D eigenvalue weighted by atomic mass is 10.1. The lowest BCUT2D eigenvalue weighted by molar-refractivity contribution is -0.130. The van der Waals surface area contributed by atoms with E-state index in [0.717, 1.165) is 28.6 Å². The predicted molar refractivity (Wildman–Crippen MR) is 129 cm³/mol. The Balaban J connectivity index is 1.15. The molecule has 0 radical (unpaired) electrons. The van der Waals surface area contributed by atoms with Crippen molar-refractivity contribution >= 4 is 16.8 Å². The van der Waals surface area contributed by atoms with E-state index in [0.29, 0.717) is 37.4 Å². The van der Waals surface area contributed by atoms with E-state index in [2.05, 4.69) is 4.98 Å². The minimum atomic E-state index is -0.303. The number of pyridine rings is 1. The molecule has 5 rings (SSSR count). The number of rotatable bonds is 7. The number of amides is 1. The number of carbonyl (C=O) groups excluding carboxylic acids is 1. The Labute approximate surface area is 197 Å². The number of fused-ring (bicyclic) bond motifs is 1. The molecule has 1 fully saturated rings. The number of benzene rings is 3. The molecule has 1 aromatic heterocycles. The average molecular weight is 457 g/mol. The van der Waals surface area contributed by atoms with E-state index in [1.54, 1.807) is 18.3 Å². The zero-order valence-electron chi connectivity index (χ0n) is 18.7. The van der Waals surface area contributed by atoms with Gasteiger partial charge < -0.3 is 14.4 Å². The van der Waals surface area contributed by atoms with Crippen LogP contribution in [0.25, 0.3) is 10.9 Å². The van der Waals surface area contributed by atoms with Gasteiger partial charge in [-0.05, 0) is 60.5 Å². The molecule has 1 amide bonds. The maximum absolute atomic E-state index is 13.1. The van der Waals surface area contributed by atoms with Crippen molar-refractivity contribution in [2.75, 3.05) is 13.1 Å². The summed E-state index contributed by atoms with van der Waals surface area (Å²) in [7, 11) is 0. The van der Waals surface area contributed by atoms with Crippen LogP contribution in [-0.4, -0.2) is 35.0 Å². The summed E-state index contributed by atoms with van der Waals surface area (Å²) in [5.74, 6) is 1.80. The van der Waals surface area contributed by atoms with Crippen LogP contribution >= 0.6 is 0 Å². The summed E-state index contributed by atoms with van der Waals surface area (Å²) >= 11 is 0. The van der Waals surface area contributed by atoms with E-state index >= 15 is 0 Å². The second-order valence-corrected chi connectivity index (χ2v) is 8.40. The van der Waals surface area contributed by atoms with Gasteiger partial charge >= 0.3 is 0 Å². The number of aromatic nitrogens is 1. The van der Waals surface area contributed by atoms with E-state index in [1.165, 1.54) is 12.1 Å². The highest BCUT2D eigenvalue weighted by molar-refractivity contribution is 5.84. The maximum atomic E-state index is 13.1. The third-order valence-electron chi connectivity index (χ3n) is 5.96. The molecule has 3 aromatic carbocycles. The Morgan fingerprint density at radius 1 is 1.00 bits per heavy atom. The highest BCUT2D eigenvalue weighted by atomic mass is 19.1. The Morgan fingerprint density at radius 3 is 2.71 bits per heavy atom. The van der Waals surface area contributed by atoms with E-state index < -0.39 is 0 Å². The summed E-state index contributed by atoms with van der Waals surface area (Å²) in [6.45, 7) is 1.27. The Bertz CT molecular complexity index is 1290. The smallest absolute Gasteiger partial charge is 0.223 e. The fourth-order valence-corrected chi connectivity index (χ4v) is 4.21. The number of aryl methyl sites for hydroxylation is 1. The topological polar surface area (TPSA) is 51.7 Å². The molecule has 4 aromatic rings. The van der Waals surface area contributed by atoms with E-state index in [-0.39, 0.29) is 17.8 Å². The number of carbonyl (C=O) groups is 1. The van der Waals surface area contributed by atoms with Gasteiger partial charge in [0.05, 0.1) is 6.54 Å². The number of halogens is 1. The molecule has 1 aliphatic heterocycles. The van der Waals surface area contributed by atoms with Crippen LogP contribution in [-0.2, 0) is 11.2 Å². The summed E-state index contributed by atoms with van der Waals surface area (Å²) in [6, 6.07) is 23.4. The largest absolute Gasteiger partial charge is 0.486 e. The third kappa shape index (κ3) is 5.17. The third-order valence-corrected chi connectivity index (χ3v) is 5.96. The van der Waals surface area contributed by atoms with Crippen molar-refractivity contribution in [3.05, 3.63) is 96.4 Å². The van der Waals surface area contributed by atoms with Crippen molar-refractivity contribution in [2.45, 2.75) is 25.4 Å². The van der Waals surface area contributed by atoms with Gasteiger partial charge in [0.2, 0.25) is 5.91 Å². The molecule has 0 saturated carbocycles. The molecule has 5 nitrogen and oxygen atoms in total. The number of nitrogens with zero attached hydrogens (tertiary/aromatic N) is 2. The molecule has 6 heteroatoms. The zero-order valence-corrected chi connectivity index (χ0v) is 18.7. The predicted octanol–water partition coefficient (Wildman–Crippen LogP) is 5.78. The van der Waals surface area contributed by atoms with Crippen molar-refractivity contribution in [3.63, 3.8) is 0 Å². The molecule has 1 atom stereocenters. The maximum Gasteiger partial charge on any atom is 0.223 e. The van der Waals surface area contributed by atoms with E-state index in [1.807, 2.05) is 59.5 Å². The summed E-state index contributed by atoms with van der Waals surface area (Å²) in [5, 5.41) is 1.04. The summed E-state index contributed by atoms with van der Waals surface area (Å²) < 4.78 is 25.1. The second-order valence-electron chi connectivity index (χ2n) is 8.40. The number of ether oxygens (including phenoxy) is 2. The standard InChI is InChI=1S/C28H25FN2O3/c29-22-10-12-23(13-11-22)33-24-7-1-4-20(18-24)9-14-27(32)31-17-15-25(19-31)34-26-8-2-5-21-6-3-16-30-28(21)26/h1-8,10-13,16,18,25H,9,14-15,17,19H2. The highest BCUT2D eigenvalue weighted by Gasteiger charge is 2.27. The molecule has 172 valence electrons. The summed E-state index contributed by atoms with van der Waals surface area (Å²) in [5.41, 5.74) is 1.86. The Hall–Kier alpha value is -3.93. The van der Waals surface area contributed by atoms with Crippen molar-refractivity contribution in [3.8, 4) is 17.2 Å². The Kier molecular flexibility index (Phi) is 6.38. The van der Waals surface area contributed by atoms with Crippen LogP contribution in [0.2, 0.25) is 0 Å². The quantitative estimate of drug-likeness (QED) is 0.354. The minimum Gasteiger partial charge on any atom is -0.486 e. The van der Waals surface area contributed by atoms with Crippen LogP contribution in [0.15, 0.2) is 85.1 Å². The van der Waals surface area contributed by atoms with Crippen LogP contribution in [0.3, 0.4) is 0 Å². The first kappa shape index (κ1) is 21.9. The van der Waals surface area contributed by atoms with Crippen LogP contribution in [0.1, 0.15) is 18.4 Å². The number of para-hydroxylation sites is 1. The molecule has 0 N–H and O–H groups in total. The normalized spacial score (nSPS) is 15.4. The lowest BCUT2D eigenvalue weighted by Gasteiger charge is -2.18. The van der Waals surface area contributed by atoms with Gasteiger partial charge in [-0.1, -0.05) is 30.3 Å². The fourth-order valence-electron chi connectivity index (χ4n) is 4.21. The number of likely N-dealkylation sites (tertiary alicyclic amines) is 1. The van der Waals surface area contributed by atoms with Crippen molar-refractivity contribution in [1.82, 2.24) is 9.88 Å². The molecule has 1 saturated heterocycles. The first-order valence-corrected chi connectivity index (χ1v) is 11.4. The zero-order chi connectivity index (χ0) is 23.3. The van der Waals surface area contributed by atoms with E-state index in [4.69, 9.17) is 9.47 Å². The van der Waals surface area contributed by atoms with Crippen molar-refractivity contribution < 1.29 is 18.7 Å². The van der Waals surface area contributed by atoms with Crippen LogP contribution in [0, 0.1) is 5.82 Å². The molecular weight excluding hydrogens is 431 g/mol. The second kappa shape index (κ2) is 9.91. The first-order chi connectivity index (χ1) is 16.6. The molecule has 0 aliphatic carbocycles. The summed E-state index contributed by atoms with van der Waals surface area (Å²) in [6.07, 6.45) is 3.57. The van der Waals surface area contributed by atoms with Crippen LogP contribution < -0.4 is 9.47 Å². The number of hydrogen-bond acceptors (Lipinski definition) is 4. The van der Waals surface area contributed by atoms with Crippen LogP contribution in [0.5, 0.6) is 17.2 Å². The van der Waals surface area contributed by atoms with Gasteiger partial charge in [0.1, 0.15) is 34.7 Å². The SMILES string of the molecule is O=C(CCc1cccc(Oc2ccc(F)cc2)c1)N1CCC(Oc2cccc3cccnc23)C1. The van der Waals surface area contributed by atoms with Crippen molar-refractivity contribution in [2.24, 2.45) is 0 Å². The van der Waals surface area contributed by atoms with Crippen LogP contribution in [0.4, 0.5) is 4.39 Å². The monoisotopic (exact) mass is 456 g/mol. The van der Waals surface area contributed by atoms with Gasteiger partial charge in [-0.25, -0.2) is 4.39 Å². The van der Waals surface area contributed by atoms with Crippen molar-refractivity contribution in [1.29, 1.82) is 0 Å². The average Bonchev–Trinajstić information content (AvgIpc) is 3.33. The highest BCUT2D eigenvalue weighted by Crippen LogP contribution is 2.27. The molecule has 34 heavy (non-hydrogen) atoms. The van der Waals surface area contributed by atoms with E-state index in [9.17, 15) is 9.18 Å². The summed E-state index contributed by atoms with van der Waals surface area (Å²) in [4.78, 5) is 19.2. The Morgan fingerprint density at radius 2 is 1.82 bits per heavy atom. The number of hydrogen-bond donors (Lipinski definition) is 0. The lowest BCUT2D eigenvalue weighted by Crippen LogP contribution is -2.31. The molecular formula is C28H25FN2O3. The molecule has 0 bridgehead atoms. The van der Waals surface area contributed by atoms with Gasteiger partial charge in [-0.2, -0.15) is 0 Å². The fraction of sp³-hybridized carbons (Fsp3) is 0.214. The van der Waals surface area contributed by atoms with Gasteiger partial charge in [0, 0.05) is 31.0 Å². The molecule has 1 aliphatic rings. The van der Waals surface area contributed by atoms with Gasteiger partial charge in [0.15, 0.2) is 0 Å². The first-order valence-electron chi connectivity index (χ1n) is 11.4. The minimum absolute atomic E-state index is 0.0380. The molecule has 2 heterocycles.